The van der Waals surface area contributed by atoms with Crippen LogP contribution in [-0.4, -0.2) is 98.4 Å². The van der Waals surface area contributed by atoms with Gasteiger partial charge in [0.05, 0.1) is 0 Å². The van der Waals surface area contributed by atoms with Gasteiger partial charge in [-0.05, 0) is 0 Å². The van der Waals surface area contributed by atoms with E-state index in [1.54, 1.807) is 0 Å². The van der Waals surface area contributed by atoms with E-state index in [0.29, 0.717) is 0 Å². The van der Waals surface area contributed by atoms with Crippen LogP contribution in [0.2, 0.25) is 0 Å². The zero-order valence-corrected chi connectivity index (χ0v) is 9.89. The van der Waals surface area contributed by atoms with E-state index in [0.717, 1.165) is 0 Å². The largest absolute Gasteiger partial charge is 3.00 e. The number of hydrogen-bond acceptors (Lipinski definition) is 2. The van der Waals surface area contributed by atoms with Gasteiger partial charge in [0, 0.05) is 8.41 Å². The molecule has 0 aliphatic rings. The van der Waals surface area contributed by atoms with Crippen LogP contribution in [0.25, 0.3) is 0 Å². The predicted molar refractivity (Wildman–Crippen MR) is 37.2 cm³/mol. The average molecular weight is 203 g/mol. The summed E-state index contributed by atoms with van der Waals surface area (Å²) in [6.07, 6.45) is 0. The minimum atomic E-state index is -4.67. The van der Waals surface area contributed by atoms with Crippen molar-refractivity contribution < 1.29 is 17.5 Å². The Hall–Kier alpha value is 2.26. The monoisotopic (exact) mass is 203 g/mol. The first-order chi connectivity index (χ1) is 2.00. The van der Waals surface area contributed by atoms with Crippen LogP contribution < -0.4 is 0 Å². The maximum absolute atomic E-state index is 8.74. The van der Waals surface area contributed by atoms with Gasteiger partial charge >= 0.3 is 82.9 Å². The fourth-order valence-electron chi connectivity index (χ4n) is 0. The molecule has 9 heteroatoms. The predicted octanol–water partition coefficient (Wildman–Crippen LogP) is -2.18. The van der Waals surface area contributed by atoms with Crippen LogP contribution in [0.4, 0.5) is 0 Å². The fourth-order valence-corrected chi connectivity index (χ4v) is 0. The first kappa shape index (κ1) is 30.2. The second kappa shape index (κ2) is 12.9. The molecular formula is H2Al2BCaO4S+8. The molecule has 0 amide bonds. The van der Waals surface area contributed by atoms with Gasteiger partial charge < -0.3 is 0 Å². The molecule has 35 valence electrons. The molecule has 2 N–H and O–H groups in total. The van der Waals surface area contributed by atoms with Crippen molar-refractivity contribution in [3.63, 3.8) is 0 Å². The molecule has 0 fully saturated rings. The molecule has 0 aromatic heterocycles. The molecule has 0 saturated heterocycles. The van der Waals surface area contributed by atoms with Crippen molar-refractivity contribution in [1.82, 2.24) is 0 Å². The Balaban J connectivity index is -0.0000000133. The zero-order chi connectivity index (χ0) is 4.50. The molecule has 0 aromatic rings. The summed E-state index contributed by atoms with van der Waals surface area (Å²) < 4.78 is 31.6. The summed E-state index contributed by atoms with van der Waals surface area (Å²) >= 11 is 0. The van der Waals surface area contributed by atoms with Crippen LogP contribution in [0.3, 0.4) is 0 Å². The molecular weight excluding hydrogens is 201 g/mol. The van der Waals surface area contributed by atoms with Crippen LogP contribution in [0.1, 0.15) is 0 Å². The van der Waals surface area contributed by atoms with E-state index in [9.17, 15) is 0 Å². The Labute approximate surface area is 107 Å². The third kappa shape index (κ3) is 137. The first-order valence-corrected chi connectivity index (χ1v) is 2.10. The first-order valence-electron chi connectivity index (χ1n) is 0.698. The molecule has 0 atom stereocenters. The Kier molecular flexibility index (Phi) is 43.3. The van der Waals surface area contributed by atoms with Crippen molar-refractivity contribution in [2.45, 2.75) is 0 Å². The molecule has 4 nitrogen and oxygen atoms in total. The van der Waals surface area contributed by atoms with E-state index < -0.39 is 10.4 Å². The summed E-state index contributed by atoms with van der Waals surface area (Å²) in [6, 6.07) is 0. The van der Waals surface area contributed by atoms with Crippen LogP contribution in [-0.2, 0) is 10.4 Å². The van der Waals surface area contributed by atoms with Crippen LogP contribution >= 0.6 is 0 Å². The third-order valence-corrected chi connectivity index (χ3v) is 0. The molecule has 3 radical (unpaired) electrons. The van der Waals surface area contributed by atoms with Crippen LogP contribution in [0, 0.1) is 0 Å². The molecule has 0 aliphatic carbocycles. The standard InChI is InChI=1S/2Al.B.Ca.H2O4S/c;;;;1-5(2,3)4/h;;;;(H2,1,2,3,4)/q2*+3;;+2;. The van der Waals surface area contributed by atoms with Gasteiger partial charge in [0.25, 0.3) is 0 Å². The van der Waals surface area contributed by atoms with Crippen molar-refractivity contribution in [1.29, 1.82) is 0 Å². The Morgan fingerprint density at radius 2 is 1.00 bits per heavy atom. The fraction of sp³-hybridized carbons (Fsp3) is 0. The molecule has 0 heterocycles. The second-order valence-corrected chi connectivity index (χ2v) is 1.34. The van der Waals surface area contributed by atoms with Crippen LogP contribution in [0.15, 0.2) is 0 Å². The van der Waals surface area contributed by atoms with E-state index in [2.05, 4.69) is 0 Å². The third-order valence-electron chi connectivity index (χ3n) is 0. The maximum Gasteiger partial charge on any atom is 3.00 e. The van der Waals surface area contributed by atoms with Gasteiger partial charge in [0.2, 0.25) is 0 Å². The van der Waals surface area contributed by atoms with E-state index in [-0.39, 0.29) is 80.9 Å². The molecule has 0 bridgehead atoms. The SMILES string of the molecule is O=S(=O)(O)O.[Al+3].[Al+3].[B].[Ca+2]. The summed E-state index contributed by atoms with van der Waals surface area (Å²) in [5.41, 5.74) is 0. The van der Waals surface area contributed by atoms with E-state index in [1.807, 2.05) is 0 Å². The van der Waals surface area contributed by atoms with Gasteiger partial charge in [-0.15, -0.1) is 0 Å². The summed E-state index contributed by atoms with van der Waals surface area (Å²) in [6.45, 7) is 0. The van der Waals surface area contributed by atoms with E-state index in [4.69, 9.17) is 17.5 Å². The van der Waals surface area contributed by atoms with Gasteiger partial charge in [-0.25, -0.2) is 0 Å². The van der Waals surface area contributed by atoms with Crippen molar-refractivity contribution in [3.8, 4) is 0 Å². The van der Waals surface area contributed by atoms with Gasteiger partial charge in [-0.2, -0.15) is 8.42 Å². The molecule has 0 saturated carbocycles. The van der Waals surface area contributed by atoms with Crippen LogP contribution in [0.5, 0.6) is 0 Å². The van der Waals surface area contributed by atoms with Gasteiger partial charge in [-0.1, -0.05) is 0 Å². The van der Waals surface area contributed by atoms with Crippen molar-refractivity contribution >= 4 is 91.3 Å². The van der Waals surface area contributed by atoms with Gasteiger partial charge in [-0.3, -0.25) is 9.11 Å². The summed E-state index contributed by atoms with van der Waals surface area (Å²) in [5.74, 6) is 0. The molecule has 9 heavy (non-hydrogen) atoms. The summed E-state index contributed by atoms with van der Waals surface area (Å²) in [7, 11) is -4.67. The molecule has 0 rings (SSSR count). The summed E-state index contributed by atoms with van der Waals surface area (Å²) in [4.78, 5) is 0. The molecule has 0 aliphatic heterocycles. The Morgan fingerprint density at radius 1 is 1.00 bits per heavy atom. The molecule has 0 unspecified atom stereocenters. The maximum atomic E-state index is 8.74. The van der Waals surface area contributed by atoms with E-state index in [1.165, 1.54) is 0 Å². The van der Waals surface area contributed by atoms with E-state index >= 15 is 0 Å². The minimum Gasteiger partial charge on any atom is -0.264 e. The average Bonchev–Trinajstić information content (AvgIpc) is 0.722. The minimum absolute atomic E-state index is 0. The Morgan fingerprint density at radius 3 is 1.00 bits per heavy atom. The summed E-state index contributed by atoms with van der Waals surface area (Å²) in [5, 5.41) is 0. The van der Waals surface area contributed by atoms with Gasteiger partial charge in [0.15, 0.2) is 0 Å². The number of hydrogen-bond donors (Lipinski definition) is 2. The number of rotatable bonds is 0. The second-order valence-electron chi connectivity index (χ2n) is 0.448. The van der Waals surface area contributed by atoms with Crippen molar-refractivity contribution in [3.05, 3.63) is 0 Å². The molecule has 0 aromatic carbocycles. The smallest absolute Gasteiger partial charge is 0.264 e. The molecule has 0 spiro atoms. The van der Waals surface area contributed by atoms with Crippen molar-refractivity contribution in [2.24, 2.45) is 0 Å². The Bertz CT molecular complexity index is 102. The quantitative estimate of drug-likeness (QED) is 0.346. The topological polar surface area (TPSA) is 74.6 Å². The normalized spacial score (nSPS) is 6.44. The van der Waals surface area contributed by atoms with Crippen molar-refractivity contribution in [2.75, 3.05) is 0 Å². The zero-order valence-electron chi connectivity index (χ0n) is 4.56. The van der Waals surface area contributed by atoms with Gasteiger partial charge in [0.1, 0.15) is 0 Å².